The number of hydrogen-bond donors (Lipinski definition) is 1. The van der Waals surface area contributed by atoms with Crippen molar-refractivity contribution in [1.82, 2.24) is 10.3 Å². The summed E-state index contributed by atoms with van der Waals surface area (Å²) in [4.78, 5) is 4.41. The standard InChI is InChI=1S/C16H20N2S2/c1-11-16(20-9-8-19-11)15(17-2)13-5-6-14-12(10-13)4-3-7-18-14/h3-7,10-11,15-17H,8-9H2,1-2H3. The van der Waals surface area contributed by atoms with E-state index in [0.29, 0.717) is 16.5 Å². The lowest BCUT2D eigenvalue weighted by atomic mass is 10.00. The summed E-state index contributed by atoms with van der Waals surface area (Å²) in [7, 11) is 2.07. The highest BCUT2D eigenvalue weighted by Gasteiger charge is 2.30. The number of rotatable bonds is 3. The van der Waals surface area contributed by atoms with Gasteiger partial charge in [-0.25, -0.2) is 0 Å². The van der Waals surface area contributed by atoms with Crippen molar-refractivity contribution in [1.29, 1.82) is 0 Å². The van der Waals surface area contributed by atoms with Crippen molar-refractivity contribution >= 4 is 34.4 Å². The second kappa shape index (κ2) is 6.37. The van der Waals surface area contributed by atoms with Crippen molar-refractivity contribution in [3.05, 3.63) is 42.1 Å². The van der Waals surface area contributed by atoms with Crippen LogP contribution in [0.2, 0.25) is 0 Å². The van der Waals surface area contributed by atoms with E-state index in [1.54, 1.807) is 0 Å². The maximum absolute atomic E-state index is 4.41. The molecule has 1 aromatic heterocycles. The summed E-state index contributed by atoms with van der Waals surface area (Å²) < 4.78 is 0. The molecule has 1 N–H and O–H groups in total. The SMILES string of the molecule is CNC(c1ccc2ncccc2c1)C1SCCSC1C. The lowest BCUT2D eigenvalue weighted by molar-refractivity contribution is 0.561. The van der Waals surface area contributed by atoms with E-state index in [-0.39, 0.29) is 0 Å². The fourth-order valence-corrected chi connectivity index (χ4v) is 5.81. The van der Waals surface area contributed by atoms with E-state index >= 15 is 0 Å². The number of nitrogens with zero attached hydrogens (tertiary/aromatic N) is 1. The van der Waals surface area contributed by atoms with Crippen LogP contribution in [0, 0.1) is 0 Å². The summed E-state index contributed by atoms with van der Waals surface area (Å²) in [5, 5.41) is 6.08. The Labute approximate surface area is 129 Å². The van der Waals surface area contributed by atoms with Crippen molar-refractivity contribution in [3.63, 3.8) is 0 Å². The first kappa shape index (κ1) is 14.2. The third-order valence-electron chi connectivity index (χ3n) is 3.86. The Hall–Kier alpha value is -0.710. The number of fused-ring (bicyclic) bond motifs is 1. The average molecular weight is 304 g/mol. The first-order valence-electron chi connectivity index (χ1n) is 7.05. The molecule has 1 aromatic carbocycles. The van der Waals surface area contributed by atoms with Crippen LogP contribution in [0.1, 0.15) is 18.5 Å². The molecule has 0 amide bonds. The lowest BCUT2D eigenvalue weighted by Crippen LogP contribution is -2.36. The van der Waals surface area contributed by atoms with Gasteiger partial charge < -0.3 is 5.32 Å². The van der Waals surface area contributed by atoms with Gasteiger partial charge in [0, 0.05) is 39.6 Å². The average Bonchev–Trinajstić information content (AvgIpc) is 2.50. The number of nitrogens with one attached hydrogen (secondary N) is 1. The molecule has 1 saturated heterocycles. The summed E-state index contributed by atoms with van der Waals surface area (Å²) in [6.45, 7) is 2.36. The minimum absolute atomic E-state index is 0.410. The maximum Gasteiger partial charge on any atom is 0.0702 e. The van der Waals surface area contributed by atoms with Crippen LogP contribution in [0.15, 0.2) is 36.5 Å². The molecule has 20 heavy (non-hydrogen) atoms. The van der Waals surface area contributed by atoms with E-state index in [1.807, 2.05) is 12.3 Å². The molecule has 1 fully saturated rings. The zero-order valence-electron chi connectivity index (χ0n) is 11.9. The Morgan fingerprint density at radius 1 is 1.25 bits per heavy atom. The number of aromatic nitrogens is 1. The van der Waals surface area contributed by atoms with Crippen LogP contribution in [0.25, 0.3) is 10.9 Å². The Bertz CT molecular complexity index is 587. The topological polar surface area (TPSA) is 24.9 Å². The Morgan fingerprint density at radius 2 is 2.10 bits per heavy atom. The summed E-state index contributed by atoms with van der Waals surface area (Å²) in [5.41, 5.74) is 2.45. The second-order valence-corrected chi connectivity index (χ2v) is 7.90. The van der Waals surface area contributed by atoms with E-state index < -0.39 is 0 Å². The quantitative estimate of drug-likeness (QED) is 0.934. The molecule has 3 unspecified atom stereocenters. The van der Waals surface area contributed by atoms with E-state index in [1.165, 1.54) is 22.5 Å². The Balaban J connectivity index is 1.93. The molecule has 0 spiro atoms. The number of benzene rings is 1. The first-order valence-corrected chi connectivity index (χ1v) is 9.14. The minimum atomic E-state index is 0.410. The third kappa shape index (κ3) is 2.83. The van der Waals surface area contributed by atoms with Gasteiger partial charge in [0.25, 0.3) is 0 Å². The summed E-state index contributed by atoms with van der Waals surface area (Å²) in [5.74, 6) is 2.54. The van der Waals surface area contributed by atoms with Crippen LogP contribution < -0.4 is 5.32 Å². The van der Waals surface area contributed by atoms with Crippen LogP contribution in [0.3, 0.4) is 0 Å². The fourth-order valence-electron chi connectivity index (χ4n) is 2.82. The molecule has 1 aliphatic heterocycles. The van der Waals surface area contributed by atoms with Crippen molar-refractivity contribution in [2.45, 2.75) is 23.5 Å². The molecule has 0 bridgehead atoms. The van der Waals surface area contributed by atoms with Gasteiger partial charge in [-0.3, -0.25) is 4.98 Å². The Kier molecular flexibility index (Phi) is 4.54. The highest BCUT2D eigenvalue weighted by molar-refractivity contribution is 8.07. The number of thioether (sulfide) groups is 2. The van der Waals surface area contributed by atoms with Crippen LogP contribution in [0.5, 0.6) is 0 Å². The van der Waals surface area contributed by atoms with Gasteiger partial charge in [0.15, 0.2) is 0 Å². The van der Waals surface area contributed by atoms with E-state index in [9.17, 15) is 0 Å². The molecule has 0 aliphatic carbocycles. The predicted octanol–water partition coefficient (Wildman–Crippen LogP) is 3.73. The van der Waals surface area contributed by atoms with E-state index in [0.717, 1.165) is 5.52 Å². The van der Waals surface area contributed by atoms with Crippen molar-refractivity contribution in [3.8, 4) is 0 Å². The highest BCUT2D eigenvalue weighted by atomic mass is 32.2. The third-order valence-corrected chi connectivity index (χ3v) is 7.06. The smallest absolute Gasteiger partial charge is 0.0702 e. The second-order valence-electron chi connectivity index (χ2n) is 5.13. The predicted molar refractivity (Wildman–Crippen MR) is 91.7 cm³/mol. The summed E-state index contributed by atoms with van der Waals surface area (Å²) in [6.07, 6.45) is 1.85. The minimum Gasteiger partial charge on any atom is -0.312 e. The van der Waals surface area contributed by atoms with Gasteiger partial charge in [0.2, 0.25) is 0 Å². The van der Waals surface area contributed by atoms with Crippen LogP contribution in [-0.2, 0) is 0 Å². The number of hydrogen-bond acceptors (Lipinski definition) is 4. The van der Waals surface area contributed by atoms with Crippen LogP contribution in [-0.4, -0.2) is 34.0 Å². The monoisotopic (exact) mass is 304 g/mol. The summed E-state index contributed by atoms with van der Waals surface area (Å²) >= 11 is 4.20. The van der Waals surface area contributed by atoms with Gasteiger partial charge >= 0.3 is 0 Å². The highest BCUT2D eigenvalue weighted by Crippen LogP contribution is 2.38. The molecule has 3 rings (SSSR count). The van der Waals surface area contributed by atoms with Gasteiger partial charge in [-0.1, -0.05) is 19.1 Å². The molecule has 0 radical (unpaired) electrons. The molecule has 1 aliphatic rings. The molecule has 2 heterocycles. The Morgan fingerprint density at radius 3 is 2.90 bits per heavy atom. The van der Waals surface area contributed by atoms with Gasteiger partial charge in [0.05, 0.1) is 5.52 Å². The van der Waals surface area contributed by atoms with Crippen molar-refractivity contribution in [2.75, 3.05) is 18.6 Å². The van der Waals surface area contributed by atoms with E-state index in [2.05, 4.69) is 72.1 Å². The normalized spacial score (nSPS) is 24.7. The summed E-state index contributed by atoms with van der Waals surface area (Å²) in [6, 6.07) is 11.2. The lowest BCUT2D eigenvalue weighted by Gasteiger charge is -2.34. The molecular formula is C16H20N2S2. The molecule has 106 valence electrons. The van der Waals surface area contributed by atoms with E-state index in [4.69, 9.17) is 0 Å². The first-order chi connectivity index (χ1) is 9.79. The van der Waals surface area contributed by atoms with Gasteiger partial charge in [-0.15, -0.1) is 0 Å². The molecule has 2 aromatic rings. The van der Waals surface area contributed by atoms with Crippen LogP contribution >= 0.6 is 23.5 Å². The number of pyridine rings is 1. The zero-order valence-corrected chi connectivity index (χ0v) is 13.5. The molecule has 4 heteroatoms. The largest absolute Gasteiger partial charge is 0.312 e. The van der Waals surface area contributed by atoms with Crippen LogP contribution in [0.4, 0.5) is 0 Å². The van der Waals surface area contributed by atoms with Gasteiger partial charge in [0.1, 0.15) is 0 Å². The molecule has 3 atom stereocenters. The van der Waals surface area contributed by atoms with Gasteiger partial charge in [-0.05, 0) is 30.8 Å². The fraction of sp³-hybridized carbons (Fsp3) is 0.438. The molecule has 0 saturated carbocycles. The van der Waals surface area contributed by atoms with Gasteiger partial charge in [-0.2, -0.15) is 23.5 Å². The van der Waals surface area contributed by atoms with Crippen molar-refractivity contribution in [2.24, 2.45) is 0 Å². The molecule has 2 nitrogen and oxygen atoms in total. The maximum atomic E-state index is 4.41. The zero-order chi connectivity index (χ0) is 13.9. The molecular weight excluding hydrogens is 284 g/mol. The van der Waals surface area contributed by atoms with Crippen molar-refractivity contribution < 1.29 is 0 Å².